The number of hydrogen-bond donors (Lipinski definition) is 0. The second-order valence-corrected chi connectivity index (χ2v) is 8.12. The van der Waals surface area contributed by atoms with E-state index in [4.69, 9.17) is 4.74 Å². The van der Waals surface area contributed by atoms with Crippen molar-refractivity contribution < 1.29 is 17.9 Å². The lowest BCUT2D eigenvalue weighted by molar-refractivity contribution is -0.138. The summed E-state index contributed by atoms with van der Waals surface area (Å²) >= 11 is 0. The molecular formula is C27H24F3NO. The van der Waals surface area contributed by atoms with Crippen molar-refractivity contribution in [1.82, 2.24) is 4.98 Å². The molecule has 0 aliphatic rings. The second kappa shape index (κ2) is 8.75. The maximum Gasteiger partial charge on any atom is 0.416 e. The lowest BCUT2D eigenvalue weighted by Gasteiger charge is -2.18. The molecule has 0 bridgehead atoms. The van der Waals surface area contributed by atoms with Crippen molar-refractivity contribution >= 4 is 10.9 Å². The van der Waals surface area contributed by atoms with Crippen LogP contribution in [0, 0.1) is 20.8 Å². The molecular weight excluding hydrogens is 411 g/mol. The SMILES string of the molecule is Cc1cc(C)cc(-c2cccc(C(F)(F)F)c2COCc2cc3ccccc3nc2C)c1. The van der Waals surface area contributed by atoms with Crippen molar-refractivity contribution in [1.29, 1.82) is 0 Å². The first kappa shape index (κ1) is 22.0. The van der Waals surface area contributed by atoms with Gasteiger partial charge in [-0.25, -0.2) is 0 Å². The summed E-state index contributed by atoms with van der Waals surface area (Å²) in [5.41, 5.74) is 5.34. The number of alkyl halides is 3. The number of benzene rings is 3. The summed E-state index contributed by atoms with van der Waals surface area (Å²) in [5.74, 6) is 0. The Morgan fingerprint density at radius 1 is 0.812 bits per heavy atom. The smallest absolute Gasteiger partial charge is 0.372 e. The third-order valence-corrected chi connectivity index (χ3v) is 5.54. The van der Waals surface area contributed by atoms with Gasteiger partial charge in [0.05, 0.1) is 24.3 Å². The largest absolute Gasteiger partial charge is 0.416 e. The van der Waals surface area contributed by atoms with E-state index in [9.17, 15) is 13.2 Å². The van der Waals surface area contributed by atoms with Gasteiger partial charge >= 0.3 is 6.18 Å². The summed E-state index contributed by atoms with van der Waals surface area (Å²) in [6.45, 7) is 5.80. The molecule has 4 aromatic rings. The van der Waals surface area contributed by atoms with E-state index in [2.05, 4.69) is 4.98 Å². The highest BCUT2D eigenvalue weighted by Gasteiger charge is 2.34. The highest BCUT2D eigenvalue weighted by atomic mass is 19.4. The molecule has 1 heterocycles. The molecule has 1 aromatic heterocycles. The first-order chi connectivity index (χ1) is 15.2. The number of ether oxygens (including phenoxy) is 1. The Morgan fingerprint density at radius 3 is 2.25 bits per heavy atom. The third-order valence-electron chi connectivity index (χ3n) is 5.54. The van der Waals surface area contributed by atoms with Crippen molar-refractivity contribution in [3.63, 3.8) is 0 Å². The normalized spacial score (nSPS) is 11.8. The molecule has 2 nitrogen and oxygen atoms in total. The van der Waals surface area contributed by atoms with Crippen LogP contribution in [0.1, 0.15) is 33.5 Å². The third kappa shape index (κ3) is 4.68. The van der Waals surface area contributed by atoms with Crippen LogP contribution in [0.15, 0.2) is 66.7 Å². The Kier molecular flexibility index (Phi) is 6.02. The number of aromatic nitrogens is 1. The predicted octanol–water partition coefficient (Wildman–Crippen LogP) is 7.56. The maximum absolute atomic E-state index is 13.8. The number of halogens is 3. The summed E-state index contributed by atoms with van der Waals surface area (Å²) in [6, 6.07) is 19.8. The molecule has 4 rings (SSSR count). The fraction of sp³-hybridized carbons (Fsp3) is 0.222. The highest BCUT2D eigenvalue weighted by Crippen LogP contribution is 2.37. The van der Waals surface area contributed by atoms with Crippen LogP contribution in [0.3, 0.4) is 0 Å². The van der Waals surface area contributed by atoms with Gasteiger partial charge < -0.3 is 4.74 Å². The molecule has 32 heavy (non-hydrogen) atoms. The summed E-state index contributed by atoms with van der Waals surface area (Å²) in [6.07, 6.45) is -4.46. The minimum absolute atomic E-state index is 0.149. The summed E-state index contributed by atoms with van der Waals surface area (Å²) < 4.78 is 47.3. The van der Waals surface area contributed by atoms with Gasteiger partial charge in [0.1, 0.15) is 0 Å². The van der Waals surface area contributed by atoms with Crippen LogP contribution in [0.5, 0.6) is 0 Å². The molecule has 0 N–H and O–H groups in total. The summed E-state index contributed by atoms with van der Waals surface area (Å²) in [4.78, 5) is 4.58. The van der Waals surface area contributed by atoms with Gasteiger partial charge in [-0.05, 0) is 61.2 Å². The van der Waals surface area contributed by atoms with Crippen LogP contribution in [0.2, 0.25) is 0 Å². The molecule has 0 atom stereocenters. The summed E-state index contributed by atoms with van der Waals surface area (Å²) in [5, 5.41) is 0.975. The standard InChI is InChI=1S/C27H24F3NO/c1-17-11-18(2)13-21(12-17)23-8-6-9-25(27(28,29)30)24(23)16-32-15-22-14-20-7-4-5-10-26(20)31-19(22)3/h4-14H,15-16H2,1-3H3. The number of pyridine rings is 1. The van der Waals surface area contributed by atoms with Crippen LogP contribution < -0.4 is 0 Å². The van der Waals surface area contributed by atoms with Crippen molar-refractivity contribution in [2.45, 2.75) is 40.2 Å². The molecule has 0 saturated carbocycles. The number of hydrogen-bond acceptors (Lipinski definition) is 2. The molecule has 0 radical (unpaired) electrons. The number of fused-ring (bicyclic) bond motifs is 1. The number of rotatable bonds is 5. The van der Waals surface area contributed by atoms with E-state index in [0.29, 0.717) is 5.56 Å². The van der Waals surface area contributed by atoms with Gasteiger partial charge in [-0.15, -0.1) is 0 Å². The van der Waals surface area contributed by atoms with Crippen molar-refractivity contribution in [2.75, 3.05) is 0 Å². The molecule has 0 aliphatic carbocycles. The quantitative estimate of drug-likeness (QED) is 0.323. The molecule has 3 aromatic carbocycles. The van der Waals surface area contributed by atoms with E-state index in [-0.39, 0.29) is 18.8 Å². The summed E-state index contributed by atoms with van der Waals surface area (Å²) in [7, 11) is 0. The van der Waals surface area contributed by atoms with Crippen molar-refractivity contribution in [3.05, 3.63) is 100 Å². The van der Waals surface area contributed by atoms with Crippen molar-refractivity contribution in [2.24, 2.45) is 0 Å². The monoisotopic (exact) mass is 435 g/mol. The molecule has 0 aliphatic heterocycles. The number of para-hydroxylation sites is 1. The van der Waals surface area contributed by atoms with E-state index in [1.165, 1.54) is 6.07 Å². The van der Waals surface area contributed by atoms with Crippen LogP contribution in [0.25, 0.3) is 22.0 Å². The van der Waals surface area contributed by atoms with Gasteiger partial charge in [0, 0.05) is 11.1 Å². The minimum Gasteiger partial charge on any atom is -0.372 e. The molecule has 164 valence electrons. The first-order valence-corrected chi connectivity index (χ1v) is 10.4. The lowest BCUT2D eigenvalue weighted by atomic mass is 9.93. The Bertz CT molecular complexity index is 1260. The van der Waals surface area contributed by atoms with E-state index in [1.54, 1.807) is 6.07 Å². The fourth-order valence-electron chi connectivity index (χ4n) is 4.07. The Balaban J connectivity index is 1.67. The molecule has 5 heteroatoms. The van der Waals surface area contributed by atoms with Gasteiger partial charge in [-0.1, -0.05) is 59.7 Å². The van der Waals surface area contributed by atoms with Crippen molar-refractivity contribution in [3.8, 4) is 11.1 Å². The van der Waals surface area contributed by atoms with E-state index in [1.807, 2.05) is 69.3 Å². The van der Waals surface area contributed by atoms with Gasteiger partial charge in [0.2, 0.25) is 0 Å². The average molecular weight is 435 g/mol. The molecule has 0 unspecified atom stereocenters. The van der Waals surface area contributed by atoms with Crippen LogP contribution in [0.4, 0.5) is 13.2 Å². The first-order valence-electron chi connectivity index (χ1n) is 10.4. The predicted molar refractivity (Wildman–Crippen MR) is 121 cm³/mol. The molecule has 0 fully saturated rings. The van der Waals surface area contributed by atoms with Crippen LogP contribution in [-0.2, 0) is 24.1 Å². The van der Waals surface area contributed by atoms with Crippen LogP contribution >= 0.6 is 0 Å². The lowest BCUT2D eigenvalue weighted by Crippen LogP contribution is -2.11. The van der Waals surface area contributed by atoms with Gasteiger partial charge in [-0.3, -0.25) is 4.98 Å². The van der Waals surface area contributed by atoms with Gasteiger partial charge in [-0.2, -0.15) is 13.2 Å². The van der Waals surface area contributed by atoms with E-state index < -0.39 is 11.7 Å². The van der Waals surface area contributed by atoms with Gasteiger partial charge in [0.15, 0.2) is 0 Å². The Morgan fingerprint density at radius 2 is 1.53 bits per heavy atom. The Hall–Kier alpha value is -3.18. The minimum atomic E-state index is -4.46. The molecule has 0 amide bonds. The second-order valence-electron chi connectivity index (χ2n) is 8.12. The van der Waals surface area contributed by atoms with Crippen LogP contribution in [-0.4, -0.2) is 4.98 Å². The molecule has 0 spiro atoms. The maximum atomic E-state index is 13.8. The fourth-order valence-corrected chi connectivity index (χ4v) is 4.07. The number of nitrogens with zero attached hydrogens (tertiary/aromatic N) is 1. The zero-order valence-corrected chi connectivity index (χ0v) is 18.3. The Labute approximate surface area is 185 Å². The zero-order valence-electron chi connectivity index (χ0n) is 18.3. The zero-order chi connectivity index (χ0) is 22.9. The molecule has 0 saturated heterocycles. The highest BCUT2D eigenvalue weighted by molar-refractivity contribution is 5.79. The van der Waals surface area contributed by atoms with E-state index >= 15 is 0 Å². The topological polar surface area (TPSA) is 22.1 Å². The average Bonchev–Trinajstić information content (AvgIpc) is 2.72. The van der Waals surface area contributed by atoms with Gasteiger partial charge in [0.25, 0.3) is 0 Å². The van der Waals surface area contributed by atoms with E-state index in [0.717, 1.165) is 44.9 Å². The number of aryl methyl sites for hydroxylation is 3.